The van der Waals surface area contributed by atoms with E-state index in [4.69, 9.17) is 0 Å². The third-order valence-electron chi connectivity index (χ3n) is 3.30. The Hall–Kier alpha value is -1.08. The van der Waals surface area contributed by atoms with Crippen LogP contribution >= 0.6 is 27.3 Å². The van der Waals surface area contributed by atoms with Gasteiger partial charge >= 0.3 is 0 Å². The molecule has 22 heavy (non-hydrogen) atoms. The highest BCUT2D eigenvalue weighted by Gasteiger charge is 2.23. The Morgan fingerprint density at radius 1 is 1.36 bits per heavy atom. The molecule has 0 aromatic carbocycles. The van der Waals surface area contributed by atoms with E-state index in [1.54, 1.807) is 11.3 Å². The average molecular weight is 387 g/mol. The number of anilines is 1. The molecule has 4 nitrogen and oxygen atoms in total. The summed E-state index contributed by atoms with van der Waals surface area (Å²) in [4.78, 5) is 13.5. The first-order chi connectivity index (χ1) is 10.4. The number of alkyl halides is 1. The molecule has 7 heteroatoms. The summed E-state index contributed by atoms with van der Waals surface area (Å²) in [7, 11) is 0. The van der Waals surface area contributed by atoms with Gasteiger partial charge in [0.2, 0.25) is 5.95 Å². The number of halogens is 2. The Labute approximate surface area is 142 Å². The number of nitrogens with one attached hydrogen (secondary N) is 1. The molecule has 0 aliphatic rings. The maximum absolute atomic E-state index is 13.9. The van der Waals surface area contributed by atoms with Crippen LogP contribution in [-0.2, 0) is 12.1 Å². The molecule has 0 aliphatic carbocycles. The third kappa shape index (κ3) is 4.98. The molecule has 0 spiro atoms. The number of aryl methyl sites for hydroxylation is 1. The molecule has 0 amide bonds. The number of rotatable bonds is 7. The van der Waals surface area contributed by atoms with Gasteiger partial charge < -0.3 is 5.32 Å². The van der Waals surface area contributed by atoms with E-state index >= 15 is 0 Å². The molecule has 0 aliphatic heterocycles. The molecule has 120 valence electrons. The zero-order valence-electron chi connectivity index (χ0n) is 12.9. The molecule has 1 N–H and O–H groups in total. The van der Waals surface area contributed by atoms with Crippen LogP contribution in [0, 0.1) is 0 Å². The van der Waals surface area contributed by atoms with Crippen molar-refractivity contribution >= 4 is 33.2 Å². The van der Waals surface area contributed by atoms with Gasteiger partial charge in [-0.1, -0.05) is 6.92 Å². The van der Waals surface area contributed by atoms with Crippen LogP contribution in [0.3, 0.4) is 0 Å². The molecule has 1 unspecified atom stereocenters. The van der Waals surface area contributed by atoms with Crippen molar-refractivity contribution in [1.29, 1.82) is 0 Å². The first-order valence-corrected chi connectivity index (χ1v) is 8.88. The van der Waals surface area contributed by atoms with E-state index in [-0.39, 0.29) is 11.9 Å². The van der Waals surface area contributed by atoms with E-state index in [1.165, 1.54) is 25.1 Å². The fourth-order valence-corrected chi connectivity index (χ4v) is 3.51. The molecule has 0 bridgehead atoms. The number of aromatic nitrogens is 3. The Morgan fingerprint density at radius 3 is 2.73 bits per heavy atom. The highest BCUT2D eigenvalue weighted by Crippen LogP contribution is 2.24. The largest absolute Gasteiger partial charge is 0.351 e. The zero-order valence-corrected chi connectivity index (χ0v) is 15.3. The van der Waals surface area contributed by atoms with Gasteiger partial charge in [0.25, 0.3) is 0 Å². The number of nitrogens with zero attached hydrogens (tertiary/aromatic N) is 3. The second kappa shape index (κ2) is 7.46. The van der Waals surface area contributed by atoms with Gasteiger partial charge in [0.15, 0.2) is 11.5 Å². The Balaban J connectivity index is 1.98. The van der Waals surface area contributed by atoms with Crippen LogP contribution < -0.4 is 5.32 Å². The lowest BCUT2D eigenvalue weighted by atomic mass is 10.1. The van der Waals surface area contributed by atoms with Crippen molar-refractivity contribution in [3.63, 3.8) is 0 Å². The predicted molar refractivity (Wildman–Crippen MR) is 92.0 cm³/mol. The van der Waals surface area contributed by atoms with Crippen molar-refractivity contribution in [2.24, 2.45) is 0 Å². The Bertz CT molecular complexity index is 612. The fourth-order valence-electron chi connectivity index (χ4n) is 2.02. The first kappa shape index (κ1) is 17.3. The lowest BCUT2D eigenvalue weighted by molar-refractivity contribution is 0.206. The van der Waals surface area contributed by atoms with Gasteiger partial charge in [-0.15, -0.1) is 11.3 Å². The van der Waals surface area contributed by atoms with Crippen LogP contribution in [0.2, 0.25) is 0 Å². The topological polar surface area (TPSA) is 50.7 Å². The minimum Gasteiger partial charge on any atom is -0.351 e. The minimum absolute atomic E-state index is 0.155. The van der Waals surface area contributed by atoms with E-state index in [1.807, 2.05) is 0 Å². The highest BCUT2D eigenvalue weighted by atomic mass is 79.9. The molecule has 1 atom stereocenters. The molecule has 2 rings (SSSR count). The Morgan fingerprint density at radius 2 is 2.14 bits per heavy atom. The van der Waals surface area contributed by atoms with Crippen molar-refractivity contribution in [3.8, 4) is 0 Å². The molecule has 2 aromatic rings. The van der Waals surface area contributed by atoms with Crippen molar-refractivity contribution in [3.05, 3.63) is 32.9 Å². The molecular formula is C15H20BrFN4S. The summed E-state index contributed by atoms with van der Waals surface area (Å²) in [6, 6.07) is 4.45. The summed E-state index contributed by atoms with van der Waals surface area (Å²) in [5, 5.41) is 3.28. The van der Waals surface area contributed by atoms with Gasteiger partial charge in [-0.2, -0.15) is 4.98 Å². The lowest BCUT2D eigenvalue weighted by Crippen LogP contribution is -2.23. The maximum Gasteiger partial charge on any atom is 0.226 e. The summed E-state index contributed by atoms with van der Waals surface area (Å²) in [6.45, 7) is 5.00. The van der Waals surface area contributed by atoms with Crippen molar-refractivity contribution in [2.45, 2.75) is 51.7 Å². The molecule has 2 aromatic heterocycles. The van der Waals surface area contributed by atoms with Gasteiger partial charge in [0, 0.05) is 10.9 Å². The van der Waals surface area contributed by atoms with E-state index < -0.39 is 5.67 Å². The summed E-state index contributed by atoms with van der Waals surface area (Å²) >= 11 is 5.23. The van der Waals surface area contributed by atoms with E-state index in [0.717, 1.165) is 23.0 Å². The second-order valence-corrected chi connectivity index (χ2v) is 8.15. The SMILES string of the molecule is CCC(CCc1ccc(Br)s1)Nc1ncnc(C(C)(C)F)n1. The van der Waals surface area contributed by atoms with Gasteiger partial charge in [0.05, 0.1) is 3.79 Å². The summed E-state index contributed by atoms with van der Waals surface area (Å²) in [6.07, 6.45) is 4.28. The van der Waals surface area contributed by atoms with E-state index in [9.17, 15) is 4.39 Å². The maximum atomic E-state index is 13.9. The Kier molecular flexibility index (Phi) is 5.86. The van der Waals surface area contributed by atoms with Gasteiger partial charge in [-0.3, -0.25) is 0 Å². The average Bonchev–Trinajstić information content (AvgIpc) is 2.88. The van der Waals surface area contributed by atoms with Crippen LogP contribution in [0.4, 0.5) is 10.3 Å². The molecule has 0 saturated heterocycles. The van der Waals surface area contributed by atoms with Crippen molar-refractivity contribution < 1.29 is 4.39 Å². The van der Waals surface area contributed by atoms with Crippen LogP contribution in [0.1, 0.15) is 44.3 Å². The minimum atomic E-state index is -1.57. The van der Waals surface area contributed by atoms with Gasteiger partial charge in [-0.05, 0) is 61.2 Å². The van der Waals surface area contributed by atoms with Crippen LogP contribution in [0.25, 0.3) is 0 Å². The van der Waals surface area contributed by atoms with E-state index in [2.05, 4.69) is 55.3 Å². The molecule has 0 saturated carbocycles. The fraction of sp³-hybridized carbons (Fsp3) is 0.533. The monoisotopic (exact) mass is 386 g/mol. The lowest BCUT2D eigenvalue weighted by Gasteiger charge is -2.18. The number of thiophene rings is 1. The molecule has 0 radical (unpaired) electrons. The molecule has 2 heterocycles. The van der Waals surface area contributed by atoms with Gasteiger partial charge in [0.1, 0.15) is 6.33 Å². The van der Waals surface area contributed by atoms with Gasteiger partial charge in [-0.25, -0.2) is 14.4 Å². The normalized spacial score (nSPS) is 13.1. The van der Waals surface area contributed by atoms with Crippen molar-refractivity contribution in [1.82, 2.24) is 15.0 Å². The van der Waals surface area contributed by atoms with Crippen molar-refractivity contribution in [2.75, 3.05) is 5.32 Å². The van der Waals surface area contributed by atoms with Crippen LogP contribution in [0.5, 0.6) is 0 Å². The standard InChI is InChI=1S/C15H20BrFN4S/c1-4-10(5-6-11-7-8-12(16)22-11)20-14-19-9-18-13(21-14)15(2,3)17/h7-10H,4-6H2,1-3H3,(H,18,19,20,21). The molecular weight excluding hydrogens is 367 g/mol. The highest BCUT2D eigenvalue weighted by molar-refractivity contribution is 9.11. The third-order valence-corrected chi connectivity index (χ3v) is 4.98. The first-order valence-electron chi connectivity index (χ1n) is 7.27. The quantitative estimate of drug-likeness (QED) is 0.747. The molecule has 0 fully saturated rings. The predicted octanol–water partition coefficient (Wildman–Crippen LogP) is 4.72. The van der Waals surface area contributed by atoms with E-state index in [0.29, 0.717) is 5.95 Å². The number of hydrogen-bond donors (Lipinski definition) is 1. The summed E-state index contributed by atoms with van der Waals surface area (Å²) < 4.78 is 15.1. The van der Waals surface area contributed by atoms with Crippen LogP contribution in [-0.4, -0.2) is 21.0 Å². The zero-order chi connectivity index (χ0) is 16.2. The number of hydrogen-bond acceptors (Lipinski definition) is 5. The second-order valence-electron chi connectivity index (χ2n) is 5.60. The summed E-state index contributed by atoms with van der Waals surface area (Å²) in [5.41, 5.74) is -1.57. The summed E-state index contributed by atoms with van der Waals surface area (Å²) in [5.74, 6) is 0.594. The smallest absolute Gasteiger partial charge is 0.226 e. The van der Waals surface area contributed by atoms with Crippen LogP contribution in [0.15, 0.2) is 22.2 Å².